The smallest absolute Gasteiger partial charge is 0.225 e. The molecule has 0 aliphatic heterocycles. The molecule has 0 bridgehead atoms. The molecular formula is C19H32N4O3. The van der Waals surface area contributed by atoms with Crippen LogP contribution in [0.3, 0.4) is 0 Å². The SMILES string of the molecule is CCNC(=NCCNC(=O)C(C)(C)C)Nc1ccc(OC)c(OCC)c1. The molecule has 26 heavy (non-hydrogen) atoms. The van der Waals surface area contributed by atoms with Gasteiger partial charge in [-0.25, -0.2) is 0 Å². The van der Waals surface area contributed by atoms with Gasteiger partial charge in [0.25, 0.3) is 0 Å². The van der Waals surface area contributed by atoms with Crippen molar-refractivity contribution in [3.05, 3.63) is 18.2 Å². The Morgan fingerprint density at radius 2 is 1.88 bits per heavy atom. The zero-order chi connectivity index (χ0) is 19.6. The van der Waals surface area contributed by atoms with E-state index in [1.165, 1.54) is 0 Å². The highest BCUT2D eigenvalue weighted by molar-refractivity contribution is 5.94. The van der Waals surface area contributed by atoms with E-state index in [0.29, 0.717) is 37.2 Å². The molecule has 1 aromatic carbocycles. The van der Waals surface area contributed by atoms with Gasteiger partial charge < -0.3 is 25.4 Å². The monoisotopic (exact) mass is 364 g/mol. The summed E-state index contributed by atoms with van der Waals surface area (Å²) in [5, 5.41) is 9.31. The predicted octanol–water partition coefficient (Wildman–Crippen LogP) is 2.63. The van der Waals surface area contributed by atoms with Gasteiger partial charge in [0.1, 0.15) is 0 Å². The molecule has 0 heterocycles. The van der Waals surface area contributed by atoms with Gasteiger partial charge in [-0.1, -0.05) is 20.8 Å². The lowest BCUT2D eigenvalue weighted by Gasteiger charge is -2.17. The molecule has 0 atom stereocenters. The first-order chi connectivity index (χ1) is 12.3. The van der Waals surface area contributed by atoms with E-state index in [9.17, 15) is 4.79 Å². The van der Waals surface area contributed by atoms with Gasteiger partial charge in [0.15, 0.2) is 17.5 Å². The van der Waals surface area contributed by atoms with Crippen LogP contribution in [-0.2, 0) is 4.79 Å². The number of nitrogens with one attached hydrogen (secondary N) is 3. The number of nitrogens with zero attached hydrogens (tertiary/aromatic N) is 1. The maximum absolute atomic E-state index is 11.9. The minimum absolute atomic E-state index is 0.0159. The van der Waals surface area contributed by atoms with Crippen molar-refractivity contribution in [2.75, 3.05) is 38.7 Å². The lowest BCUT2D eigenvalue weighted by atomic mass is 9.96. The second kappa shape index (κ2) is 10.5. The minimum atomic E-state index is -0.398. The van der Waals surface area contributed by atoms with Crippen molar-refractivity contribution < 1.29 is 14.3 Å². The number of carbonyl (C=O) groups excluding carboxylic acids is 1. The van der Waals surface area contributed by atoms with Crippen LogP contribution in [0.25, 0.3) is 0 Å². The van der Waals surface area contributed by atoms with Gasteiger partial charge in [-0.3, -0.25) is 9.79 Å². The summed E-state index contributed by atoms with van der Waals surface area (Å²) in [5.74, 6) is 2.02. The van der Waals surface area contributed by atoms with Crippen molar-refractivity contribution in [3.8, 4) is 11.5 Å². The fourth-order valence-electron chi connectivity index (χ4n) is 2.07. The first-order valence-electron chi connectivity index (χ1n) is 8.96. The van der Waals surface area contributed by atoms with Gasteiger partial charge in [-0.05, 0) is 26.0 Å². The molecule has 7 nitrogen and oxygen atoms in total. The van der Waals surface area contributed by atoms with Crippen LogP contribution < -0.4 is 25.4 Å². The molecule has 146 valence electrons. The molecule has 0 unspecified atom stereocenters. The van der Waals surface area contributed by atoms with Crippen molar-refractivity contribution in [1.82, 2.24) is 10.6 Å². The van der Waals surface area contributed by atoms with Gasteiger partial charge in [-0.15, -0.1) is 0 Å². The number of hydrogen-bond acceptors (Lipinski definition) is 4. The molecule has 0 aliphatic rings. The number of carbonyl (C=O) groups is 1. The molecule has 0 spiro atoms. The van der Waals surface area contributed by atoms with E-state index in [1.807, 2.05) is 52.8 Å². The lowest BCUT2D eigenvalue weighted by molar-refractivity contribution is -0.128. The van der Waals surface area contributed by atoms with Crippen molar-refractivity contribution in [2.45, 2.75) is 34.6 Å². The topological polar surface area (TPSA) is 84.0 Å². The number of benzene rings is 1. The number of aliphatic imine (C=N–C) groups is 1. The normalized spacial score (nSPS) is 11.7. The van der Waals surface area contributed by atoms with Crippen LogP contribution in [0, 0.1) is 5.41 Å². The third-order valence-corrected chi connectivity index (χ3v) is 3.42. The Bertz CT molecular complexity index is 609. The molecule has 0 radical (unpaired) electrons. The summed E-state index contributed by atoms with van der Waals surface area (Å²) in [4.78, 5) is 16.4. The van der Waals surface area contributed by atoms with Crippen LogP contribution in [0.2, 0.25) is 0 Å². The second-order valence-corrected chi connectivity index (χ2v) is 6.69. The molecule has 0 saturated heterocycles. The Hall–Kier alpha value is -2.44. The number of ether oxygens (including phenoxy) is 2. The molecule has 0 saturated carbocycles. The quantitative estimate of drug-likeness (QED) is 0.375. The molecule has 3 N–H and O–H groups in total. The molecular weight excluding hydrogens is 332 g/mol. The van der Waals surface area contributed by atoms with Crippen LogP contribution in [0.5, 0.6) is 11.5 Å². The van der Waals surface area contributed by atoms with Crippen LogP contribution >= 0.6 is 0 Å². The van der Waals surface area contributed by atoms with Gasteiger partial charge >= 0.3 is 0 Å². The third-order valence-electron chi connectivity index (χ3n) is 3.42. The maximum atomic E-state index is 11.9. The van der Waals surface area contributed by atoms with Crippen molar-refractivity contribution in [3.63, 3.8) is 0 Å². The van der Waals surface area contributed by atoms with E-state index in [1.54, 1.807) is 7.11 Å². The standard InChI is InChI=1S/C19H32N4O3/c1-7-20-18(22-12-11-21-17(24)19(3,4)5)23-14-9-10-15(25-6)16(13-14)26-8-2/h9-10,13H,7-8,11-12H2,1-6H3,(H,21,24)(H2,20,22,23). The van der Waals surface area contributed by atoms with Gasteiger partial charge in [-0.2, -0.15) is 0 Å². The van der Waals surface area contributed by atoms with Gasteiger partial charge in [0, 0.05) is 30.3 Å². The zero-order valence-electron chi connectivity index (χ0n) is 16.7. The Morgan fingerprint density at radius 3 is 2.46 bits per heavy atom. The Kier molecular flexibility index (Phi) is 8.75. The molecule has 0 aliphatic carbocycles. The van der Waals surface area contributed by atoms with Crippen molar-refractivity contribution in [1.29, 1.82) is 0 Å². The molecule has 1 amide bonds. The number of rotatable bonds is 8. The van der Waals surface area contributed by atoms with Crippen LogP contribution in [0.4, 0.5) is 5.69 Å². The number of guanidine groups is 1. The first kappa shape index (κ1) is 21.6. The Labute approximate surface area is 156 Å². The van der Waals surface area contributed by atoms with Crippen LogP contribution in [0.15, 0.2) is 23.2 Å². The lowest BCUT2D eigenvalue weighted by Crippen LogP contribution is -2.37. The van der Waals surface area contributed by atoms with Gasteiger partial charge in [0.05, 0.1) is 20.3 Å². The summed E-state index contributed by atoms with van der Waals surface area (Å²) >= 11 is 0. The first-order valence-corrected chi connectivity index (χ1v) is 8.96. The van der Waals surface area contributed by atoms with E-state index in [2.05, 4.69) is 20.9 Å². The number of hydrogen-bond donors (Lipinski definition) is 3. The summed E-state index contributed by atoms with van der Waals surface area (Å²) < 4.78 is 10.9. The van der Waals surface area contributed by atoms with E-state index in [0.717, 1.165) is 12.2 Å². The highest BCUT2D eigenvalue weighted by Gasteiger charge is 2.20. The number of anilines is 1. The predicted molar refractivity (Wildman–Crippen MR) is 106 cm³/mol. The van der Waals surface area contributed by atoms with Crippen molar-refractivity contribution >= 4 is 17.6 Å². The largest absolute Gasteiger partial charge is 0.493 e. The van der Waals surface area contributed by atoms with Crippen molar-refractivity contribution in [2.24, 2.45) is 10.4 Å². The third kappa shape index (κ3) is 7.21. The number of methoxy groups -OCH3 is 1. The minimum Gasteiger partial charge on any atom is -0.493 e. The Balaban J connectivity index is 2.72. The summed E-state index contributed by atoms with van der Waals surface area (Å²) in [6, 6.07) is 5.62. The maximum Gasteiger partial charge on any atom is 0.225 e. The summed E-state index contributed by atoms with van der Waals surface area (Å²) in [7, 11) is 1.61. The number of amides is 1. The van der Waals surface area contributed by atoms with Gasteiger partial charge in [0.2, 0.25) is 5.91 Å². The average Bonchev–Trinajstić information content (AvgIpc) is 2.58. The highest BCUT2D eigenvalue weighted by atomic mass is 16.5. The highest BCUT2D eigenvalue weighted by Crippen LogP contribution is 2.30. The summed E-state index contributed by atoms with van der Waals surface area (Å²) in [6.07, 6.45) is 0. The molecule has 7 heteroatoms. The summed E-state index contributed by atoms with van der Waals surface area (Å²) in [6.45, 7) is 11.8. The van der Waals surface area contributed by atoms with Crippen LogP contribution in [-0.4, -0.2) is 45.2 Å². The molecule has 1 aromatic rings. The van der Waals surface area contributed by atoms with E-state index in [4.69, 9.17) is 9.47 Å². The molecule has 0 fully saturated rings. The second-order valence-electron chi connectivity index (χ2n) is 6.69. The molecule has 1 rings (SSSR count). The van der Waals surface area contributed by atoms with Crippen LogP contribution in [0.1, 0.15) is 34.6 Å². The van der Waals surface area contributed by atoms with E-state index < -0.39 is 5.41 Å². The average molecular weight is 364 g/mol. The summed E-state index contributed by atoms with van der Waals surface area (Å²) in [5.41, 5.74) is 0.443. The zero-order valence-corrected chi connectivity index (χ0v) is 16.7. The fourth-order valence-corrected chi connectivity index (χ4v) is 2.07. The Morgan fingerprint density at radius 1 is 1.15 bits per heavy atom. The van der Waals surface area contributed by atoms with E-state index >= 15 is 0 Å². The fraction of sp³-hybridized carbons (Fsp3) is 0.579. The van der Waals surface area contributed by atoms with E-state index in [-0.39, 0.29) is 5.91 Å². The molecule has 0 aromatic heterocycles.